The van der Waals surface area contributed by atoms with Crippen LogP contribution in [0.1, 0.15) is 31.7 Å². The van der Waals surface area contributed by atoms with Crippen molar-refractivity contribution in [2.24, 2.45) is 16.6 Å². The number of nitrogens with zero attached hydrogens (tertiary/aromatic N) is 3. The molecule has 0 radical (unpaired) electrons. The number of fused-ring (bicyclic) bond motifs is 1. The summed E-state index contributed by atoms with van der Waals surface area (Å²) in [4.78, 5) is 20.4. The van der Waals surface area contributed by atoms with Gasteiger partial charge < -0.3 is 20.9 Å². The van der Waals surface area contributed by atoms with E-state index in [0.717, 1.165) is 51.4 Å². The molecule has 3 N–H and O–H groups in total. The second kappa shape index (κ2) is 10.1. The molecule has 1 amide bonds. The number of rotatable bonds is 5. The van der Waals surface area contributed by atoms with Crippen molar-refractivity contribution in [3.8, 4) is 0 Å². The number of anilines is 1. The van der Waals surface area contributed by atoms with Gasteiger partial charge in [-0.15, -0.1) is 24.0 Å². The van der Waals surface area contributed by atoms with Crippen molar-refractivity contribution >= 4 is 41.5 Å². The van der Waals surface area contributed by atoms with Gasteiger partial charge in [-0.1, -0.05) is 18.2 Å². The number of carbonyl (C=O) groups is 1. The summed E-state index contributed by atoms with van der Waals surface area (Å²) in [6.07, 6.45) is 3.73. The second-order valence-corrected chi connectivity index (χ2v) is 7.47. The summed E-state index contributed by atoms with van der Waals surface area (Å²) < 4.78 is 0. The van der Waals surface area contributed by atoms with Crippen molar-refractivity contribution in [2.75, 3.05) is 38.1 Å². The van der Waals surface area contributed by atoms with Gasteiger partial charge in [0, 0.05) is 51.4 Å². The minimum atomic E-state index is -0.207. The molecule has 2 unspecified atom stereocenters. The molecule has 2 aliphatic rings. The molecule has 27 heavy (non-hydrogen) atoms. The molecule has 0 bridgehead atoms. The predicted octanol–water partition coefficient (Wildman–Crippen LogP) is 2.22. The number of amides is 1. The summed E-state index contributed by atoms with van der Waals surface area (Å²) in [6, 6.07) is 9.06. The quantitative estimate of drug-likeness (QED) is 0.381. The first kappa shape index (κ1) is 21.8. The number of nitrogens with one attached hydrogen (secondary N) is 1. The fraction of sp³-hybridized carbons (Fsp3) is 0.600. The zero-order chi connectivity index (χ0) is 18.5. The Kier molecular flexibility index (Phi) is 8.19. The molecule has 3 rings (SSSR count). The number of benzene rings is 1. The molecule has 0 saturated carbocycles. The zero-order valence-electron chi connectivity index (χ0n) is 16.4. The molecule has 7 heteroatoms. The van der Waals surface area contributed by atoms with Crippen LogP contribution in [-0.2, 0) is 11.2 Å². The van der Waals surface area contributed by atoms with Crippen LogP contribution in [0.3, 0.4) is 0 Å². The first-order valence-corrected chi connectivity index (χ1v) is 9.67. The van der Waals surface area contributed by atoms with Crippen molar-refractivity contribution in [3.63, 3.8) is 0 Å². The molecule has 6 nitrogen and oxygen atoms in total. The van der Waals surface area contributed by atoms with Gasteiger partial charge in [-0.2, -0.15) is 0 Å². The smallest absolute Gasteiger partial charge is 0.217 e. The molecule has 2 aliphatic heterocycles. The van der Waals surface area contributed by atoms with Crippen LogP contribution in [0.5, 0.6) is 0 Å². The summed E-state index contributed by atoms with van der Waals surface area (Å²) in [5, 5.41) is 3.54. The van der Waals surface area contributed by atoms with Gasteiger partial charge in [0.25, 0.3) is 0 Å². The van der Waals surface area contributed by atoms with E-state index < -0.39 is 0 Å². The Hall–Kier alpha value is -1.51. The standard InChI is InChI=1S/C20H31N5O.HI/c1-15(25-11-9-17-7-3-4-8-18(17)25)13-23-20(22-2)24-10-5-6-16(14-24)12-19(21)26;/h3-4,7-8,15-16H,5-6,9-14H2,1-2H3,(H2,21,26)(H,22,23);1H. The number of primary amides is 1. The van der Waals surface area contributed by atoms with Crippen LogP contribution in [0.25, 0.3) is 0 Å². The Morgan fingerprint density at radius 1 is 1.37 bits per heavy atom. The molecular formula is C20H32IN5O. The van der Waals surface area contributed by atoms with E-state index in [0.29, 0.717) is 18.4 Å². The Morgan fingerprint density at radius 3 is 2.89 bits per heavy atom. The molecule has 1 aromatic rings. The van der Waals surface area contributed by atoms with Crippen molar-refractivity contribution in [1.82, 2.24) is 10.2 Å². The Balaban J connectivity index is 0.00000261. The molecule has 0 spiro atoms. The van der Waals surface area contributed by atoms with E-state index >= 15 is 0 Å². The highest BCUT2D eigenvalue weighted by Crippen LogP contribution is 2.29. The Labute approximate surface area is 179 Å². The molecular weight excluding hydrogens is 453 g/mol. The molecule has 150 valence electrons. The van der Waals surface area contributed by atoms with Crippen LogP contribution in [0, 0.1) is 5.92 Å². The number of guanidine groups is 1. The van der Waals surface area contributed by atoms with Gasteiger partial charge in [-0.3, -0.25) is 9.79 Å². The molecule has 2 atom stereocenters. The van der Waals surface area contributed by atoms with Crippen LogP contribution in [0.2, 0.25) is 0 Å². The normalized spacial score (nSPS) is 20.7. The number of aliphatic imine (C=N–C) groups is 1. The summed E-state index contributed by atoms with van der Waals surface area (Å²) in [6.45, 7) is 6.01. The lowest BCUT2D eigenvalue weighted by Gasteiger charge is -2.36. The lowest BCUT2D eigenvalue weighted by Crippen LogP contribution is -2.50. The van der Waals surface area contributed by atoms with Crippen LogP contribution < -0.4 is 16.0 Å². The molecule has 2 heterocycles. The summed E-state index contributed by atoms with van der Waals surface area (Å²) in [5.74, 6) is 1.06. The zero-order valence-corrected chi connectivity index (χ0v) is 18.7. The number of nitrogens with two attached hydrogens (primary N) is 1. The lowest BCUT2D eigenvalue weighted by molar-refractivity contribution is -0.119. The summed E-state index contributed by atoms with van der Waals surface area (Å²) in [5.41, 5.74) is 8.17. The third kappa shape index (κ3) is 5.49. The van der Waals surface area contributed by atoms with Crippen LogP contribution >= 0.6 is 24.0 Å². The maximum Gasteiger partial charge on any atom is 0.217 e. The average Bonchev–Trinajstić information content (AvgIpc) is 3.06. The van der Waals surface area contributed by atoms with E-state index in [1.54, 1.807) is 0 Å². The minimum absolute atomic E-state index is 0. The van der Waals surface area contributed by atoms with Crippen molar-refractivity contribution in [2.45, 2.75) is 38.6 Å². The van der Waals surface area contributed by atoms with E-state index in [-0.39, 0.29) is 29.9 Å². The van der Waals surface area contributed by atoms with Crippen LogP contribution in [-0.4, -0.2) is 56.0 Å². The first-order valence-electron chi connectivity index (χ1n) is 9.67. The Bertz CT molecular complexity index is 666. The maximum absolute atomic E-state index is 11.2. The second-order valence-electron chi connectivity index (χ2n) is 7.47. The Morgan fingerprint density at radius 2 is 2.15 bits per heavy atom. The lowest BCUT2D eigenvalue weighted by atomic mass is 9.95. The van der Waals surface area contributed by atoms with Crippen LogP contribution in [0.15, 0.2) is 29.3 Å². The highest BCUT2D eigenvalue weighted by molar-refractivity contribution is 14.0. The van der Waals surface area contributed by atoms with Gasteiger partial charge in [0.2, 0.25) is 5.91 Å². The molecule has 1 fully saturated rings. The van der Waals surface area contributed by atoms with Crippen molar-refractivity contribution < 1.29 is 4.79 Å². The molecule has 0 aromatic heterocycles. The van der Waals surface area contributed by atoms with E-state index in [9.17, 15) is 4.79 Å². The van der Waals surface area contributed by atoms with Gasteiger partial charge in [0.05, 0.1) is 0 Å². The van der Waals surface area contributed by atoms with Gasteiger partial charge in [-0.05, 0) is 43.7 Å². The SMILES string of the molecule is CN=C(NCC(C)N1CCc2ccccc21)N1CCCC(CC(N)=O)C1.I. The number of hydrogen-bond acceptors (Lipinski definition) is 3. The van der Waals surface area contributed by atoms with E-state index in [1.807, 2.05) is 7.05 Å². The van der Waals surface area contributed by atoms with E-state index in [4.69, 9.17) is 5.73 Å². The highest BCUT2D eigenvalue weighted by Gasteiger charge is 2.26. The highest BCUT2D eigenvalue weighted by atomic mass is 127. The topological polar surface area (TPSA) is 74.0 Å². The average molecular weight is 485 g/mol. The van der Waals surface area contributed by atoms with Gasteiger partial charge in [0.15, 0.2) is 5.96 Å². The number of piperidine rings is 1. The van der Waals surface area contributed by atoms with Gasteiger partial charge >= 0.3 is 0 Å². The molecule has 1 aromatic carbocycles. The minimum Gasteiger partial charge on any atom is -0.370 e. The molecule has 0 aliphatic carbocycles. The number of para-hydroxylation sites is 1. The third-order valence-corrected chi connectivity index (χ3v) is 5.53. The number of halogens is 1. The predicted molar refractivity (Wildman–Crippen MR) is 122 cm³/mol. The fourth-order valence-electron chi connectivity index (χ4n) is 4.21. The molecule has 1 saturated heterocycles. The third-order valence-electron chi connectivity index (χ3n) is 5.53. The summed E-state index contributed by atoms with van der Waals surface area (Å²) >= 11 is 0. The monoisotopic (exact) mass is 485 g/mol. The van der Waals surface area contributed by atoms with E-state index in [1.165, 1.54) is 11.3 Å². The maximum atomic E-state index is 11.2. The number of likely N-dealkylation sites (tertiary alicyclic amines) is 1. The van der Waals surface area contributed by atoms with Crippen molar-refractivity contribution in [1.29, 1.82) is 0 Å². The number of hydrogen-bond donors (Lipinski definition) is 2. The van der Waals surface area contributed by atoms with Gasteiger partial charge in [0.1, 0.15) is 0 Å². The van der Waals surface area contributed by atoms with E-state index in [2.05, 4.69) is 51.3 Å². The van der Waals surface area contributed by atoms with Crippen molar-refractivity contribution in [3.05, 3.63) is 29.8 Å². The largest absolute Gasteiger partial charge is 0.370 e. The first-order chi connectivity index (χ1) is 12.6. The fourth-order valence-corrected chi connectivity index (χ4v) is 4.21. The van der Waals surface area contributed by atoms with Crippen LogP contribution in [0.4, 0.5) is 5.69 Å². The summed E-state index contributed by atoms with van der Waals surface area (Å²) in [7, 11) is 1.83. The van der Waals surface area contributed by atoms with Gasteiger partial charge in [-0.25, -0.2) is 0 Å². The number of carbonyl (C=O) groups excluding carboxylic acids is 1.